The Morgan fingerprint density at radius 3 is 2.05 bits per heavy atom. The zero-order chi connectivity index (χ0) is 15.1. The van der Waals surface area contributed by atoms with Crippen LogP contribution in [-0.4, -0.2) is 19.5 Å². The lowest BCUT2D eigenvalue weighted by Crippen LogP contribution is -2.29. The van der Waals surface area contributed by atoms with E-state index in [1.165, 1.54) is 5.56 Å². The first-order valence-electron chi connectivity index (χ1n) is 7.47. The van der Waals surface area contributed by atoms with Crippen LogP contribution in [0.15, 0.2) is 24.3 Å². The van der Waals surface area contributed by atoms with Crippen LogP contribution in [0, 0.1) is 17.8 Å². The summed E-state index contributed by atoms with van der Waals surface area (Å²) in [6, 6.07) is 7.77. The summed E-state index contributed by atoms with van der Waals surface area (Å²) >= 11 is 0. The highest BCUT2D eigenvalue weighted by molar-refractivity contribution is 5.93. The first-order chi connectivity index (χ1) is 9.45. The minimum absolute atomic E-state index is 0.0378. The molecule has 1 aromatic rings. The molecule has 0 aromatic heterocycles. The normalized spacial score (nSPS) is 11.4. The molecule has 1 amide bonds. The maximum absolute atomic E-state index is 11.5. The molecule has 0 aliphatic carbocycles. The van der Waals surface area contributed by atoms with Gasteiger partial charge in [-0.2, -0.15) is 0 Å². The molecule has 0 aliphatic rings. The second kappa shape index (κ2) is 8.05. The first kappa shape index (κ1) is 16.7. The molecule has 0 radical (unpaired) electrons. The van der Waals surface area contributed by atoms with Crippen molar-refractivity contribution >= 4 is 5.91 Å². The number of hydrogen-bond acceptors (Lipinski definition) is 2. The molecule has 112 valence electrons. The van der Waals surface area contributed by atoms with E-state index in [0.717, 1.165) is 13.1 Å². The highest BCUT2D eigenvalue weighted by atomic mass is 16.1. The monoisotopic (exact) mass is 276 g/mol. The van der Waals surface area contributed by atoms with E-state index >= 15 is 0 Å². The smallest absolute Gasteiger partial charge is 0.251 e. The Hall–Kier alpha value is -1.35. The highest BCUT2D eigenvalue weighted by Gasteiger charge is 2.16. The highest BCUT2D eigenvalue weighted by Crippen LogP contribution is 2.19. The van der Waals surface area contributed by atoms with Crippen LogP contribution in [-0.2, 0) is 6.54 Å². The number of carbonyl (C=O) groups is 1. The lowest BCUT2D eigenvalue weighted by atomic mass is 9.85. The van der Waals surface area contributed by atoms with Gasteiger partial charge in [-0.3, -0.25) is 4.79 Å². The summed E-state index contributed by atoms with van der Waals surface area (Å²) in [5, 5.41) is 6.16. The van der Waals surface area contributed by atoms with E-state index in [1.54, 1.807) is 7.05 Å². The van der Waals surface area contributed by atoms with Gasteiger partial charge in [0.15, 0.2) is 0 Å². The van der Waals surface area contributed by atoms with Gasteiger partial charge in [-0.05, 0) is 42.0 Å². The van der Waals surface area contributed by atoms with Crippen LogP contribution in [0.1, 0.15) is 43.6 Å². The molecule has 0 fully saturated rings. The fourth-order valence-corrected chi connectivity index (χ4v) is 2.54. The predicted molar refractivity (Wildman–Crippen MR) is 84.7 cm³/mol. The Kier molecular flexibility index (Phi) is 6.73. The van der Waals surface area contributed by atoms with E-state index in [1.807, 2.05) is 24.3 Å². The van der Waals surface area contributed by atoms with Crippen molar-refractivity contribution in [3.05, 3.63) is 35.4 Å². The zero-order valence-electron chi connectivity index (χ0n) is 13.4. The Bertz CT molecular complexity index is 402. The average Bonchev–Trinajstić information content (AvgIpc) is 2.42. The van der Waals surface area contributed by atoms with Crippen LogP contribution >= 0.6 is 0 Å². The summed E-state index contributed by atoms with van der Waals surface area (Å²) in [6.07, 6.45) is 0. The van der Waals surface area contributed by atoms with E-state index in [9.17, 15) is 4.79 Å². The van der Waals surface area contributed by atoms with Crippen LogP contribution in [0.25, 0.3) is 0 Å². The van der Waals surface area contributed by atoms with Gasteiger partial charge >= 0.3 is 0 Å². The Labute approximate surface area is 123 Å². The molecule has 1 aromatic carbocycles. The average molecular weight is 276 g/mol. The van der Waals surface area contributed by atoms with Crippen LogP contribution in [0.3, 0.4) is 0 Å². The summed E-state index contributed by atoms with van der Waals surface area (Å²) < 4.78 is 0. The molecule has 3 heteroatoms. The number of rotatable bonds is 7. The van der Waals surface area contributed by atoms with E-state index in [2.05, 4.69) is 38.3 Å². The van der Waals surface area contributed by atoms with E-state index < -0.39 is 0 Å². The molecule has 1 rings (SSSR count). The Morgan fingerprint density at radius 1 is 1.05 bits per heavy atom. The fraction of sp³-hybridized carbons (Fsp3) is 0.588. The summed E-state index contributed by atoms with van der Waals surface area (Å²) in [5.74, 6) is 2.04. The van der Waals surface area contributed by atoms with Gasteiger partial charge < -0.3 is 10.6 Å². The van der Waals surface area contributed by atoms with Crippen molar-refractivity contribution in [1.29, 1.82) is 0 Å². The third-order valence-corrected chi connectivity index (χ3v) is 3.86. The SMILES string of the molecule is CNC(=O)c1ccc(CNCC(C(C)C)C(C)C)cc1. The Balaban J connectivity index is 2.48. The molecule has 0 unspecified atom stereocenters. The predicted octanol–water partition coefficient (Wildman–Crippen LogP) is 3.06. The van der Waals surface area contributed by atoms with Crippen molar-refractivity contribution < 1.29 is 4.79 Å². The fourth-order valence-electron chi connectivity index (χ4n) is 2.54. The number of carbonyl (C=O) groups excluding carboxylic acids is 1. The van der Waals surface area contributed by atoms with Crippen molar-refractivity contribution in [3.8, 4) is 0 Å². The molecular weight excluding hydrogens is 248 g/mol. The van der Waals surface area contributed by atoms with Crippen LogP contribution in [0.2, 0.25) is 0 Å². The van der Waals surface area contributed by atoms with Gasteiger partial charge in [0, 0.05) is 19.2 Å². The topological polar surface area (TPSA) is 41.1 Å². The molecular formula is C17H28N2O. The largest absolute Gasteiger partial charge is 0.355 e. The molecule has 2 N–H and O–H groups in total. The van der Waals surface area contributed by atoms with Gasteiger partial charge in [-0.25, -0.2) is 0 Å². The van der Waals surface area contributed by atoms with Gasteiger partial charge in [0.2, 0.25) is 0 Å². The molecule has 0 saturated carbocycles. The number of amides is 1. The summed E-state index contributed by atoms with van der Waals surface area (Å²) in [7, 11) is 1.65. The lowest BCUT2D eigenvalue weighted by molar-refractivity contribution is 0.0963. The van der Waals surface area contributed by atoms with Crippen molar-refractivity contribution in [3.63, 3.8) is 0 Å². The third kappa shape index (κ3) is 4.97. The standard InChI is InChI=1S/C17H28N2O/c1-12(2)16(13(3)4)11-19-10-14-6-8-15(9-7-14)17(20)18-5/h6-9,12-13,16,19H,10-11H2,1-5H3,(H,18,20). The summed E-state index contributed by atoms with van der Waals surface area (Å²) in [5.41, 5.74) is 1.92. The maximum Gasteiger partial charge on any atom is 0.251 e. The van der Waals surface area contributed by atoms with Crippen LogP contribution < -0.4 is 10.6 Å². The number of nitrogens with one attached hydrogen (secondary N) is 2. The van der Waals surface area contributed by atoms with E-state index in [-0.39, 0.29) is 5.91 Å². The molecule has 0 bridgehead atoms. The summed E-state index contributed by atoms with van der Waals surface area (Å²) in [4.78, 5) is 11.5. The molecule has 0 atom stereocenters. The van der Waals surface area contributed by atoms with Crippen molar-refractivity contribution in [1.82, 2.24) is 10.6 Å². The first-order valence-corrected chi connectivity index (χ1v) is 7.47. The molecule has 0 aliphatic heterocycles. The lowest BCUT2D eigenvalue weighted by Gasteiger charge is -2.25. The summed E-state index contributed by atoms with van der Waals surface area (Å²) in [6.45, 7) is 11.0. The van der Waals surface area contributed by atoms with Gasteiger partial charge in [0.1, 0.15) is 0 Å². The van der Waals surface area contributed by atoms with Crippen LogP contribution in [0.4, 0.5) is 0 Å². The zero-order valence-corrected chi connectivity index (χ0v) is 13.4. The molecule has 20 heavy (non-hydrogen) atoms. The minimum Gasteiger partial charge on any atom is -0.355 e. The van der Waals surface area contributed by atoms with Gasteiger partial charge in [-0.1, -0.05) is 39.8 Å². The second-order valence-electron chi connectivity index (χ2n) is 6.06. The number of hydrogen-bond donors (Lipinski definition) is 2. The van der Waals surface area contributed by atoms with Crippen molar-refractivity contribution in [2.75, 3.05) is 13.6 Å². The van der Waals surface area contributed by atoms with Gasteiger partial charge in [0.25, 0.3) is 5.91 Å². The number of benzene rings is 1. The molecule has 0 saturated heterocycles. The minimum atomic E-state index is -0.0378. The molecule has 0 spiro atoms. The molecule has 3 nitrogen and oxygen atoms in total. The van der Waals surface area contributed by atoms with E-state index in [4.69, 9.17) is 0 Å². The van der Waals surface area contributed by atoms with E-state index in [0.29, 0.717) is 23.3 Å². The Morgan fingerprint density at radius 2 is 1.60 bits per heavy atom. The molecule has 0 heterocycles. The quantitative estimate of drug-likeness (QED) is 0.803. The maximum atomic E-state index is 11.5. The van der Waals surface area contributed by atoms with Gasteiger partial charge in [0.05, 0.1) is 0 Å². The second-order valence-corrected chi connectivity index (χ2v) is 6.06. The van der Waals surface area contributed by atoms with Crippen LogP contribution in [0.5, 0.6) is 0 Å². The van der Waals surface area contributed by atoms with Crippen molar-refractivity contribution in [2.45, 2.75) is 34.2 Å². The van der Waals surface area contributed by atoms with Crippen molar-refractivity contribution in [2.24, 2.45) is 17.8 Å². The van der Waals surface area contributed by atoms with Gasteiger partial charge in [-0.15, -0.1) is 0 Å². The third-order valence-electron chi connectivity index (χ3n) is 3.86.